The van der Waals surface area contributed by atoms with Crippen molar-refractivity contribution in [1.82, 2.24) is 4.72 Å². The van der Waals surface area contributed by atoms with Crippen LogP contribution < -0.4 is 9.46 Å². The molecule has 1 fully saturated rings. The number of carbonyl (C=O) groups excluding carboxylic acids is 1. The highest BCUT2D eigenvalue weighted by Gasteiger charge is 2.36. The second-order valence-corrected chi connectivity index (χ2v) is 9.40. The van der Waals surface area contributed by atoms with Gasteiger partial charge in [-0.1, -0.05) is 24.3 Å². The fraction of sp³-hybridized carbons (Fsp3) is 0.174. The van der Waals surface area contributed by atoms with Gasteiger partial charge < -0.3 is 4.74 Å². The van der Waals surface area contributed by atoms with Crippen molar-refractivity contribution in [2.75, 3.05) is 0 Å². The molecule has 0 bridgehead atoms. The van der Waals surface area contributed by atoms with Gasteiger partial charge in [0, 0.05) is 17.2 Å². The molecule has 1 saturated carbocycles. The Balaban J connectivity index is 1.41. The van der Waals surface area contributed by atoms with Crippen molar-refractivity contribution in [1.29, 1.82) is 0 Å². The summed E-state index contributed by atoms with van der Waals surface area (Å²) < 4.78 is 72.1. The Morgan fingerprint density at radius 3 is 2.31 bits per heavy atom. The Kier molecular flexibility index (Phi) is 5.92. The first-order valence-electron chi connectivity index (χ1n) is 9.75. The molecular weight excluding hydrogens is 443 g/mol. The van der Waals surface area contributed by atoms with E-state index < -0.39 is 38.6 Å². The molecule has 0 spiro atoms. The van der Waals surface area contributed by atoms with Gasteiger partial charge in [-0.15, -0.1) is 0 Å². The molecule has 0 unspecified atom stereocenters. The molecule has 5 nitrogen and oxygen atoms in total. The fourth-order valence-electron chi connectivity index (χ4n) is 3.09. The molecule has 1 aliphatic rings. The topological polar surface area (TPSA) is 72.5 Å². The highest BCUT2D eigenvalue weighted by Crippen LogP contribution is 2.28. The van der Waals surface area contributed by atoms with Crippen molar-refractivity contribution in [3.05, 3.63) is 89.2 Å². The fourth-order valence-corrected chi connectivity index (χ4v) is 4.39. The Labute approximate surface area is 182 Å². The van der Waals surface area contributed by atoms with Crippen molar-refractivity contribution < 1.29 is 31.1 Å². The van der Waals surface area contributed by atoms with Gasteiger partial charge in [-0.2, -0.15) is 0 Å². The Hall–Kier alpha value is -3.33. The van der Waals surface area contributed by atoms with Crippen LogP contribution in [0.5, 0.6) is 5.75 Å². The van der Waals surface area contributed by atoms with E-state index in [9.17, 15) is 26.4 Å². The second kappa shape index (κ2) is 8.66. The van der Waals surface area contributed by atoms with Gasteiger partial charge in [-0.05, 0) is 54.3 Å². The maximum Gasteiger partial charge on any atom is 0.264 e. The lowest BCUT2D eigenvalue weighted by molar-refractivity contribution is 0.0981. The third-order valence-electron chi connectivity index (χ3n) is 4.97. The maximum absolute atomic E-state index is 13.9. The molecule has 32 heavy (non-hydrogen) atoms. The minimum absolute atomic E-state index is 0.0738. The number of carbonyl (C=O) groups is 1. The monoisotopic (exact) mass is 461 g/mol. The van der Waals surface area contributed by atoms with Gasteiger partial charge >= 0.3 is 0 Å². The van der Waals surface area contributed by atoms with Gasteiger partial charge in [0.15, 0.2) is 11.6 Å². The summed E-state index contributed by atoms with van der Waals surface area (Å²) in [6.45, 7) is 0.0926. The van der Waals surface area contributed by atoms with Crippen LogP contribution in [0.4, 0.5) is 13.2 Å². The van der Waals surface area contributed by atoms with Gasteiger partial charge in [-0.25, -0.2) is 26.3 Å². The number of hydrogen-bond donors (Lipinski definition) is 1. The highest BCUT2D eigenvalue weighted by molar-refractivity contribution is 7.91. The van der Waals surface area contributed by atoms with Crippen molar-refractivity contribution in [2.45, 2.75) is 24.7 Å². The summed E-state index contributed by atoms with van der Waals surface area (Å²) in [7, 11) is -3.64. The lowest BCUT2D eigenvalue weighted by Crippen LogP contribution is -2.33. The molecule has 0 saturated heterocycles. The number of sulfonamides is 1. The first kappa shape index (κ1) is 21.9. The molecule has 1 aliphatic carbocycles. The van der Waals surface area contributed by atoms with Crippen molar-refractivity contribution in [2.24, 2.45) is 0 Å². The Morgan fingerprint density at radius 1 is 0.938 bits per heavy atom. The summed E-state index contributed by atoms with van der Waals surface area (Å²) in [5, 5.41) is -0.499. The Bertz CT molecular complexity index is 1270. The number of ether oxygens (including phenoxy) is 1. The van der Waals surface area contributed by atoms with Gasteiger partial charge in [0.1, 0.15) is 18.2 Å². The van der Waals surface area contributed by atoms with Gasteiger partial charge in [0.05, 0.1) is 5.25 Å². The standard InChI is InChI=1S/C23H18F3NO4S/c24-20-12-22(26)21(25)11-19(20)15-4-6-17(7-5-15)31-13-14-2-1-3-16(10-14)23(28)27-32(29,30)18-8-9-18/h1-7,10-12,18H,8-9,13H2,(H,27,28). The van der Waals surface area contributed by atoms with E-state index in [1.807, 2.05) is 0 Å². The molecule has 166 valence electrons. The first-order valence-corrected chi connectivity index (χ1v) is 11.3. The molecule has 1 N–H and O–H groups in total. The molecule has 9 heteroatoms. The maximum atomic E-state index is 13.9. The van der Waals surface area contributed by atoms with Gasteiger partial charge in [-0.3, -0.25) is 4.79 Å². The zero-order chi connectivity index (χ0) is 22.9. The molecular formula is C23H18F3NO4S. The molecule has 0 aliphatic heterocycles. The molecule has 0 radical (unpaired) electrons. The molecule has 0 heterocycles. The van der Waals surface area contributed by atoms with E-state index in [2.05, 4.69) is 4.72 Å². The van der Waals surface area contributed by atoms with E-state index in [4.69, 9.17) is 4.74 Å². The molecule has 0 aromatic heterocycles. The van der Waals surface area contributed by atoms with Crippen molar-refractivity contribution in [3.8, 4) is 16.9 Å². The number of rotatable bonds is 7. The molecule has 1 amide bonds. The van der Waals surface area contributed by atoms with E-state index >= 15 is 0 Å². The SMILES string of the molecule is O=C(NS(=O)(=O)C1CC1)c1cccc(COc2ccc(-c3cc(F)c(F)cc3F)cc2)c1. The minimum Gasteiger partial charge on any atom is -0.489 e. The Morgan fingerprint density at radius 2 is 1.62 bits per heavy atom. The average Bonchev–Trinajstić information content (AvgIpc) is 3.61. The van der Waals surface area contributed by atoms with E-state index in [0.717, 1.165) is 6.07 Å². The minimum atomic E-state index is -3.64. The number of nitrogens with one attached hydrogen (secondary N) is 1. The number of amides is 1. The third-order valence-corrected chi connectivity index (χ3v) is 6.79. The summed E-state index contributed by atoms with van der Waals surface area (Å²) in [4.78, 5) is 12.3. The van der Waals surface area contributed by atoms with Crippen LogP contribution in [-0.4, -0.2) is 19.6 Å². The van der Waals surface area contributed by atoms with Crippen LogP contribution in [0.1, 0.15) is 28.8 Å². The normalized spacial score (nSPS) is 13.6. The first-order chi connectivity index (χ1) is 15.2. The van der Waals surface area contributed by atoms with Crippen LogP contribution in [0.25, 0.3) is 11.1 Å². The summed E-state index contributed by atoms with van der Waals surface area (Å²) in [6.07, 6.45) is 1.11. The van der Waals surface area contributed by atoms with Crippen LogP contribution >= 0.6 is 0 Å². The predicted octanol–water partition coefficient (Wildman–Crippen LogP) is 4.57. The summed E-state index contributed by atoms with van der Waals surface area (Å²) >= 11 is 0. The van der Waals surface area contributed by atoms with E-state index in [0.29, 0.717) is 35.8 Å². The molecule has 0 atom stereocenters. The van der Waals surface area contributed by atoms with Crippen LogP contribution in [0.15, 0.2) is 60.7 Å². The summed E-state index contributed by atoms with van der Waals surface area (Å²) in [5.41, 5.74) is 1.11. The second-order valence-electron chi connectivity index (χ2n) is 7.44. The van der Waals surface area contributed by atoms with Crippen LogP contribution in [0.3, 0.4) is 0 Å². The number of hydrogen-bond acceptors (Lipinski definition) is 4. The predicted molar refractivity (Wildman–Crippen MR) is 112 cm³/mol. The van der Waals surface area contributed by atoms with Crippen molar-refractivity contribution in [3.63, 3.8) is 0 Å². The van der Waals surface area contributed by atoms with Crippen LogP contribution in [0.2, 0.25) is 0 Å². The number of halogens is 3. The summed E-state index contributed by atoms with van der Waals surface area (Å²) in [6, 6.07) is 13.8. The average molecular weight is 461 g/mol. The van der Waals surface area contributed by atoms with Gasteiger partial charge in [0.25, 0.3) is 5.91 Å². The molecule has 3 aromatic rings. The van der Waals surface area contributed by atoms with Crippen LogP contribution in [-0.2, 0) is 16.6 Å². The van der Waals surface area contributed by atoms with Crippen LogP contribution in [0, 0.1) is 17.5 Å². The van der Waals surface area contributed by atoms with E-state index in [1.165, 1.54) is 24.3 Å². The quantitative estimate of drug-likeness (QED) is 0.523. The zero-order valence-electron chi connectivity index (χ0n) is 16.6. The van der Waals surface area contributed by atoms with Crippen molar-refractivity contribution >= 4 is 15.9 Å². The molecule has 3 aromatic carbocycles. The van der Waals surface area contributed by atoms with Gasteiger partial charge in [0.2, 0.25) is 10.0 Å². The largest absolute Gasteiger partial charge is 0.489 e. The van der Waals surface area contributed by atoms with E-state index in [-0.39, 0.29) is 17.7 Å². The summed E-state index contributed by atoms with van der Waals surface area (Å²) in [5.74, 6) is -3.54. The lowest BCUT2D eigenvalue weighted by Gasteiger charge is -2.10. The number of benzene rings is 3. The lowest BCUT2D eigenvalue weighted by atomic mass is 10.0. The zero-order valence-corrected chi connectivity index (χ0v) is 17.5. The molecule has 4 rings (SSSR count). The van der Waals surface area contributed by atoms with E-state index in [1.54, 1.807) is 24.3 Å². The smallest absolute Gasteiger partial charge is 0.264 e. The highest BCUT2D eigenvalue weighted by atomic mass is 32.2. The third kappa shape index (κ3) is 4.94.